The summed E-state index contributed by atoms with van der Waals surface area (Å²) in [5.41, 5.74) is 4.53. The summed E-state index contributed by atoms with van der Waals surface area (Å²) in [5.74, 6) is 8.04. The van der Waals surface area contributed by atoms with Crippen LogP contribution in [0.15, 0.2) is 55.1 Å². The lowest BCUT2D eigenvalue weighted by molar-refractivity contribution is 0.414. The molecule has 146 valence electrons. The molecular formula is C22H17N7O. The van der Waals surface area contributed by atoms with Gasteiger partial charge < -0.3 is 9.64 Å². The second kappa shape index (κ2) is 7.64. The molecule has 8 nitrogen and oxygen atoms in total. The Kier molecular flexibility index (Phi) is 4.54. The van der Waals surface area contributed by atoms with Crippen LogP contribution in [0.25, 0.3) is 11.5 Å². The Morgan fingerprint density at radius 3 is 2.77 bits per heavy atom. The molecule has 0 fully saturated rings. The zero-order valence-corrected chi connectivity index (χ0v) is 16.2. The fraction of sp³-hybridized carbons (Fsp3) is 0.136. The maximum Gasteiger partial charge on any atom is 0.226 e. The fourth-order valence-electron chi connectivity index (χ4n) is 3.27. The molecule has 0 aliphatic carbocycles. The molecule has 0 saturated carbocycles. The van der Waals surface area contributed by atoms with Crippen LogP contribution in [0.5, 0.6) is 5.75 Å². The van der Waals surface area contributed by atoms with Crippen LogP contribution in [0.1, 0.15) is 22.4 Å². The van der Waals surface area contributed by atoms with E-state index in [2.05, 4.69) is 54.0 Å². The van der Waals surface area contributed by atoms with Gasteiger partial charge in [-0.15, -0.1) is 0 Å². The van der Waals surface area contributed by atoms with E-state index in [1.807, 2.05) is 6.07 Å². The van der Waals surface area contributed by atoms with E-state index in [-0.39, 0.29) is 0 Å². The Balaban J connectivity index is 1.40. The third-order valence-corrected chi connectivity index (χ3v) is 4.78. The summed E-state index contributed by atoms with van der Waals surface area (Å²) < 4.78 is 5.33. The van der Waals surface area contributed by atoms with Crippen LogP contribution in [0.4, 0.5) is 5.95 Å². The fourth-order valence-corrected chi connectivity index (χ4v) is 3.27. The molecule has 1 aliphatic heterocycles. The van der Waals surface area contributed by atoms with E-state index in [4.69, 9.17) is 9.72 Å². The Morgan fingerprint density at radius 2 is 1.90 bits per heavy atom. The van der Waals surface area contributed by atoms with Crippen LogP contribution >= 0.6 is 0 Å². The van der Waals surface area contributed by atoms with Gasteiger partial charge in [0.2, 0.25) is 5.95 Å². The van der Waals surface area contributed by atoms with Gasteiger partial charge in [0.25, 0.3) is 0 Å². The second-order valence-electron chi connectivity index (χ2n) is 6.74. The number of methoxy groups -OCH3 is 1. The predicted octanol–water partition coefficient (Wildman–Crippen LogP) is 2.59. The lowest BCUT2D eigenvalue weighted by Crippen LogP contribution is -2.17. The number of anilines is 1. The van der Waals surface area contributed by atoms with Gasteiger partial charge >= 0.3 is 0 Å². The number of hydrogen-bond donors (Lipinski definition) is 1. The molecule has 0 saturated heterocycles. The Labute approximate surface area is 173 Å². The van der Waals surface area contributed by atoms with Crippen LogP contribution in [0, 0.1) is 11.8 Å². The normalized spacial score (nSPS) is 12.2. The molecule has 4 aromatic rings. The topological polar surface area (TPSA) is 92.7 Å². The molecular weight excluding hydrogens is 378 g/mol. The molecule has 4 heterocycles. The SMILES string of the molecule is COc1ccc2c(c1)CN(c1nccc(-c3nccc(C#Cc4cn[nH]c4)n3)n1)C2. The minimum atomic E-state index is 0.510. The number of rotatable bonds is 3. The molecule has 0 bridgehead atoms. The molecule has 0 radical (unpaired) electrons. The molecule has 1 aliphatic rings. The smallest absolute Gasteiger partial charge is 0.226 e. The van der Waals surface area contributed by atoms with E-state index in [0.29, 0.717) is 23.2 Å². The van der Waals surface area contributed by atoms with Gasteiger partial charge in [0.1, 0.15) is 17.1 Å². The van der Waals surface area contributed by atoms with E-state index >= 15 is 0 Å². The monoisotopic (exact) mass is 395 g/mol. The minimum absolute atomic E-state index is 0.510. The standard InChI is InChI=1S/C22H17N7O/c1-30-19-5-3-16-13-29(14-17(16)10-19)22-24-9-7-20(28-22)21-23-8-6-18(27-21)4-2-15-11-25-26-12-15/h3,5-12H,13-14H2,1H3,(H,25,26). The van der Waals surface area contributed by atoms with Crippen molar-refractivity contribution >= 4 is 5.95 Å². The van der Waals surface area contributed by atoms with E-state index in [1.54, 1.807) is 44.0 Å². The Bertz CT molecular complexity index is 1260. The largest absolute Gasteiger partial charge is 0.497 e. The maximum atomic E-state index is 5.33. The van der Waals surface area contributed by atoms with Crippen LogP contribution in [0.2, 0.25) is 0 Å². The van der Waals surface area contributed by atoms with Crippen molar-refractivity contribution < 1.29 is 4.74 Å². The number of hydrogen-bond acceptors (Lipinski definition) is 7. The lowest BCUT2D eigenvalue weighted by Gasteiger charge is -2.15. The molecule has 0 unspecified atom stereocenters. The van der Waals surface area contributed by atoms with Crippen molar-refractivity contribution in [1.82, 2.24) is 30.1 Å². The van der Waals surface area contributed by atoms with Gasteiger partial charge in [-0.3, -0.25) is 5.10 Å². The van der Waals surface area contributed by atoms with Crippen LogP contribution in [-0.4, -0.2) is 37.2 Å². The second-order valence-corrected chi connectivity index (χ2v) is 6.74. The average molecular weight is 395 g/mol. The van der Waals surface area contributed by atoms with Gasteiger partial charge in [-0.05, 0) is 41.3 Å². The molecule has 8 heteroatoms. The zero-order valence-electron chi connectivity index (χ0n) is 16.2. The lowest BCUT2D eigenvalue weighted by atomic mass is 10.1. The summed E-state index contributed by atoms with van der Waals surface area (Å²) in [6.07, 6.45) is 6.81. The molecule has 1 N–H and O–H groups in total. The predicted molar refractivity (Wildman–Crippen MR) is 111 cm³/mol. The van der Waals surface area contributed by atoms with E-state index in [0.717, 1.165) is 24.4 Å². The first kappa shape index (κ1) is 17.8. The van der Waals surface area contributed by atoms with Crippen molar-refractivity contribution in [2.24, 2.45) is 0 Å². The highest BCUT2D eigenvalue weighted by molar-refractivity contribution is 5.54. The molecule has 5 rings (SSSR count). The van der Waals surface area contributed by atoms with Crippen molar-refractivity contribution in [2.45, 2.75) is 13.1 Å². The van der Waals surface area contributed by atoms with Crippen molar-refractivity contribution in [3.63, 3.8) is 0 Å². The van der Waals surface area contributed by atoms with Crippen molar-refractivity contribution in [3.05, 3.63) is 77.5 Å². The highest BCUT2D eigenvalue weighted by atomic mass is 16.5. The van der Waals surface area contributed by atoms with Crippen LogP contribution in [0.3, 0.4) is 0 Å². The van der Waals surface area contributed by atoms with Gasteiger partial charge in [0.15, 0.2) is 5.82 Å². The van der Waals surface area contributed by atoms with Crippen molar-refractivity contribution in [1.29, 1.82) is 0 Å². The number of fused-ring (bicyclic) bond motifs is 1. The third-order valence-electron chi connectivity index (χ3n) is 4.78. The van der Waals surface area contributed by atoms with Crippen LogP contribution < -0.4 is 9.64 Å². The highest BCUT2D eigenvalue weighted by Crippen LogP contribution is 2.29. The summed E-state index contributed by atoms with van der Waals surface area (Å²) in [6, 6.07) is 9.69. The van der Waals surface area contributed by atoms with Gasteiger partial charge in [-0.25, -0.2) is 19.9 Å². The summed E-state index contributed by atoms with van der Waals surface area (Å²) in [4.78, 5) is 20.2. The molecule has 0 amide bonds. The average Bonchev–Trinajstić information content (AvgIpc) is 3.47. The van der Waals surface area contributed by atoms with Gasteiger partial charge in [0.05, 0.1) is 18.9 Å². The molecule has 0 atom stereocenters. The van der Waals surface area contributed by atoms with Crippen molar-refractivity contribution in [2.75, 3.05) is 12.0 Å². The first-order chi connectivity index (χ1) is 14.8. The molecule has 30 heavy (non-hydrogen) atoms. The number of nitrogens with zero attached hydrogens (tertiary/aromatic N) is 6. The number of benzene rings is 1. The summed E-state index contributed by atoms with van der Waals surface area (Å²) >= 11 is 0. The Hall–Kier alpha value is -4.25. The first-order valence-electron chi connectivity index (χ1n) is 9.36. The van der Waals surface area contributed by atoms with Gasteiger partial charge in [-0.2, -0.15) is 5.10 Å². The number of aromatic nitrogens is 6. The summed E-state index contributed by atoms with van der Waals surface area (Å²) in [6.45, 7) is 1.48. The molecule has 0 spiro atoms. The number of aromatic amines is 1. The van der Waals surface area contributed by atoms with Crippen molar-refractivity contribution in [3.8, 4) is 29.1 Å². The number of H-pyrrole nitrogens is 1. The summed E-state index contributed by atoms with van der Waals surface area (Å²) in [5, 5.41) is 6.62. The molecule has 1 aromatic carbocycles. The van der Waals surface area contributed by atoms with Gasteiger partial charge in [-0.1, -0.05) is 12.0 Å². The highest BCUT2D eigenvalue weighted by Gasteiger charge is 2.22. The first-order valence-corrected chi connectivity index (χ1v) is 9.36. The maximum absolute atomic E-state index is 5.33. The van der Waals surface area contributed by atoms with E-state index in [9.17, 15) is 0 Å². The quantitative estimate of drug-likeness (QED) is 0.533. The number of nitrogens with one attached hydrogen (secondary N) is 1. The van der Waals surface area contributed by atoms with E-state index in [1.165, 1.54) is 11.1 Å². The van der Waals surface area contributed by atoms with Gasteiger partial charge in [0, 0.05) is 31.7 Å². The molecule has 3 aromatic heterocycles. The number of ether oxygens (including phenoxy) is 1. The summed E-state index contributed by atoms with van der Waals surface area (Å²) in [7, 11) is 1.68. The zero-order chi connectivity index (χ0) is 20.3. The minimum Gasteiger partial charge on any atom is -0.497 e. The third kappa shape index (κ3) is 3.56. The van der Waals surface area contributed by atoms with E-state index < -0.39 is 0 Å². The Morgan fingerprint density at radius 1 is 1.00 bits per heavy atom. The van der Waals surface area contributed by atoms with Crippen LogP contribution in [-0.2, 0) is 13.1 Å².